The van der Waals surface area contributed by atoms with E-state index < -0.39 is 6.61 Å². The molecule has 1 N–H and O–H groups in total. The zero-order valence-electron chi connectivity index (χ0n) is 30.0. The number of aryl methyl sites for hydroxylation is 3. The number of halogens is 3. The molecule has 0 unspecified atom stereocenters. The minimum atomic E-state index is -2.74. The zero-order chi connectivity index (χ0) is 35.3. The van der Waals surface area contributed by atoms with Crippen LogP contribution in [0.3, 0.4) is 0 Å². The molecule has 0 aromatic heterocycles. The van der Waals surface area contributed by atoms with Crippen molar-refractivity contribution < 1.29 is 18.3 Å². The van der Waals surface area contributed by atoms with Gasteiger partial charge in [0.25, 0.3) is 0 Å². The van der Waals surface area contributed by atoms with Gasteiger partial charge < -0.3 is 14.8 Å². The van der Waals surface area contributed by atoms with Crippen molar-refractivity contribution in [1.29, 1.82) is 0 Å². The van der Waals surface area contributed by atoms with Crippen molar-refractivity contribution in [3.8, 4) is 5.75 Å². The van der Waals surface area contributed by atoms with Gasteiger partial charge in [-0.15, -0.1) is 0 Å². The fourth-order valence-electron chi connectivity index (χ4n) is 3.96. The molecule has 0 aliphatic heterocycles. The standard InChI is InChI=1S/C18H28ClN.C10H12F2O.C4H10.C2H4O.C2H6.CH4S/c1-7-9-18(6,10-8-2)20-15(5)16-11-13(3)14(4)12-17(16)19;1-2-4-8-5-3-6-9(7-8)13-10(11)12;1-4(2)3;1-2-3;2*1-2/h11-12,20H,5,7-10H2,1-4,6H3;3,5-7,10H,2,4H2,1H3;4H,1-3H3;2H,1H3;1-2H3;2H,1H3. The third-order valence-electron chi connectivity index (χ3n) is 5.63. The molecule has 3 nitrogen and oxygen atoms in total. The molecule has 2 rings (SSSR count). The van der Waals surface area contributed by atoms with E-state index in [-0.39, 0.29) is 11.3 Å². The summed E-state index contributed by atoms with van der Waals surface area (Å²) >= 11 is 9.91. The predicted molar refractivity (Wildman–Crippen MR) is 197 cm³/mol. The number of nitrogens with one attached hydrogen (secondary N) is 1. The average molecular weight is 660 g/mol. The Morgan fingerprint density at radius 2 is 1.45 bits per heavy atom. The van der Waals surface area contributed by atoms with E-state index in [2.05, 4.69) is 90.7 Å². The van der Waals surface area contributed by atoms with Gasteiger partial charge in [-0.25, -0.2) is 0 Å². The van der Waals surface area contributed by atoms with Gasteiger partial charge in [0.1, 0.15) is 12.0 Å². The Morgan fingerprint density at radius 3 is 1.86 bits per heavy atom. The van der Waals surface area contributed by atoms with Crippen molar-refractivity contribution in [3.05, 3.63) is 70.3 Å². The normalized spacial score (nSPS) is 9.70. The summed E-state index contributed by atoms with van der Waals surface area (Å²) in [6, 6.07) is 11.0. The highest BCUT2D eigenvalue weighted by molar-refractivity contribution is 7.79. The summed E-state index contributed by atoms with van der Waals surface area (Å²) in [5.41, 5.74) is 5.55. The molecule has 0 aliphatic rings. The lowest BCUT2D eigenvalue weighted by molar-refractivity contribution is -0.106. The number of carbonyl (C=O) groups is 1. The first-order valence-electron chi connectivity index (χ1n) is 15.8. The van der Waals surface area contributed by atoms with E-state index in [9.17, 15) is 8.78 Å². The second-order valence-corrected chi connectivity index (χ2v) is 11.2. The minimum absolute atomic E-state index is 0.0999. The van der Waals surface area contributed by atoms with Gasteiger partial charge in [-0.3, -0.25) is 0 Å². The monoisotopic (exact) mass is 659 g/mol. The summed E-state index contributed by atoms with van der Waals surface area (Å²) in [7, 11) is 0. The van der Waals surface area contributed by atoms with Gasteiger partial charge in [0.2, 0.25) is 0 Å². The maximum absolute atomic E-state index is 11.8. The van der Waals surface area contributed by atoms with Crippen molar-refractivity contribution in [3.63, 3.8) is 0 Å². The Bertz CT molecular complexity index is 975. The Morgan fingerprint density at radius 1 is 1.00 bits per heavy atom. The van der Waals surface area contributed by atoms with Crippen LogP contribution in [0.15, 0.2) is 43.0 Å². The average Bonchev–Trinajstić information content (AvgIpc) is 2.93. The van der Waals surface area contributed by atoms with Crippen LogP contribution >= 0.6 is 24.2 Å². The minimum Gasteiger partial charge on any atom is -0.435 e. The fourth-order valence-corrected chi connectivity index (χ4v) is 4.30. The van der Waals surface area contributed by atoms with Crippen LogP contribution in [0, 0.1) is 19.8 Å². The number of rotatable bonds is 11. The van der Waals surface area contributed by atoms with E-state index in [1.165, 1.54) is 24.1 Å². The molecule has 0 bridgehead atoms. The third-order valence-corrected chi connectivity index (χ3v) is 5.94. The van der Waals surface area contributed by atoms with E-state index in [0.29, 0.717) is 0 Å². The summed E-state index contributed by atoms with van der Waals surface area (Å²) in [5, 5.41) is 4.40. The summed E-state index contributed by atoms with van der Waals surface area (Å²) in [6.07, 6.45) is 8.94. The van der Waals surface area contributed by atoms with Crippen molar-refractivity contribution in [2.24, 2.45) is 5.92 Å². The van der Waals surface area contributed by atoms with Gasteiger partial charge in [0.15, 0.2) is 0 Å². The molecule has 0 atom stereocenters. The molecule has 7 heteroatoms. The van der Waals surface area contributed by atoms with Crippen molar-refractivity contribution >= 4 is 36.2 Å². The van der Waals surface area contributed by atoms with Crippen LogP contribution in [0.5, 0.6) is 5.75 Å². The van der Waals surface area contributed by atoms with Gasteiger partial charge in [0.05, 0.1) is 5.02 Å². The first-order valence-corrected chi connectivity index (χ1v) is 17.1. The Kier molecular flexibility index (Phi) is 34.4. The fraction of sp³-hybridized carbons (Fsp3) is 0.595. The number of benzene rings is 2. The molecule has 0 aliphatic carbocycles. The maximum Gasteiger partial charge on any atom is 0.387 e. The molecule has 2 aromatic carbocycles. The molecule has 2 aromatic rings. The highest BCUT2D eigenvalue weighted by Gasteiger charge is 2.23. The van der Waals surface area contributed by atoms with E-state index >= 15 is 0 Å². The molecule has 0 saturated carbocycles. The van der Waals surface area contributed by atoms with Gasteiger partial charge in [-0.1, -0.05) is 105 Å². The number of thiol groups is 1. The summed E-state index contributed by atoms with van der Waals surface area (Å²) in [4.78, 5) is 8.81. The molecule has 0 heterocycles. The van der Waals surface area contributed by atoms with E-state index in [0.717, 1.165) is 72.6 Å². The summed E-state index contributed by atoms with van der Waals surface area (Å²) in [5.74, 6) is 1.07. The molecule has 0 radical (unpaired) electrons. The Labute approximate surface area is 281 Å². The van der Waals surface area contributed by atoms with Gasteiger partial charge in [-0.2, -0.15) is 21.4 Å². The molecule has 0 amide bonds. The van der Waals surface area contributed by atoms with Crippen molar-refractivity contribution in [1.82, 2.24) is 5.32 Å². The van der Waals surface area contributed by atoms with E-state index in [4.69, 9.17) is 16.4 Å². The third kappa shape index (κ3) is 26.4. The van der Waals surface area contributed by atoms with Crippen molar-refractivity contribution in [2.45, 2.75) is 134 Å². The van der Waals surface area contributed by atoms with Crippen molar-refractivity contribution in [2.75, 3.05) is 6.26 Å². The molecular formula is C37H64ClF2NO2S. The highest BCUT2D eigenvalue weighted by Crippen LogP contribution is 2.29. The molecular weight excluding hydrogens is 596 g/mol. The number of alkyl halides is 2. The topological polar surface area (TPSA) is 38.3 Å². The predicted octanol–water partition coefficient (Wildman–Crippen LogP) is 12.6. The van der Waals surface area contributed by atoms with E-state index in [1.807, 2.05) is 32.9 Å². The second-order valence-electron chi connectivity index (χ2n) is 10.8. The first kappa shape index (κ1) is 48.8. The Balaban J connectivity index is -0.000000285. The maximum atomic E-state index is 11.8. The first-order chi connectivity index (χ1) is 20.7. The smallest absolute Gasteiger partial charge is 0.387 e. The van der Waals surface area contributed by atoms with Crippen LogP contribution in [0.25, 0.3) is 5.70 Å². The van der Waals surface area contributed by atoms with E-state index in [1.54, 1.807) is 18.4 Å². The van der Waals surface area contributed by atoms with Gasteiger partial charge in [0, 0.05) is 16.8 Å². The van der Waals surface area contributed by atoms with Crippen LogP contribution in [0.2, 0.25) is 5.02 Å². The summed E-state index contributed by atoms with van der Waals surface area (Å²) in [6.45, 7) is 26.4. The second kappa shape index (κ2) is 31.0. The number of aldehydes is 1. The lowest BCUT2D eigenvalue weighted by Crippen LogP contribution is -2.40. The molecule has 0 spiro atoms. The molecule has 0 saturated heterocycles. The van der Waals surface area contributed by atoms with Crippen LogP contribution in [-0.2, 0) is 11.2 Å². The van der Waals surface area contributed by atoms with Crippen LogP contribution in [-0.4, -0.2) is 24.7 Å². The van der Waals surface area contributed by atoms with Crippen LogP contribution in [0.1, 0.15) is 124 Å². The highest BCUT2D eigenvalue weighted by atomic mass is 35.5. The van der Waals surface area contributed by atoms with Gasteiger partial charge in [-0.05, 0) is 100 Å². The van der Waals surface area contributed by atoms with Crippen LogP contribution in [0.4, 0.5) is 8.78 Å². The summed E-state index contributed by atoms with van der Waals surface area (Å²) < 4.78 is 27.9. The number of ether oxygens (including phenoxy) is 1. The zero-order valence-corrected chi connectivity index (χ0v) is 31.7. The molecule has 0 fully saturated rings. The van der Waals surface area contributed by atoms with Gasteiger partial charge >= 0.3 is 6.61 Å². The SMILES string of the molecule is C=C(NC(C)(CCC)CCC)c1cc(C)c(C)cc1Cl.CC.CC(C)C.CC=O.CCCc1cccc(OC(F)F)c1.CS. The quantitative estimate of drug-likeness (QED) is 0.186. The lowest BCUT2D eigenvalue weighted by Gasteiger charge is -2.33. The number of hydrogen-bond acceptors (Lipinski definition) is 4. The largest absolute Gasteiger partial charge is 0.435 e. The molecule has 44 heavy (non-hydrogen) atoms. The number of carbonyl (C=O) groups excluding carboxylic acids is 1. The molecule has 256 valence electrons. The van der Waals surface area contributed by atoms with Crippen LogP contribution < -0.4 is 10.1 Å². The number of hydrogen-bond donors (Lipinski definition) is 2. The Hall–Kier alpha value is -2.05. The lowest BCUT2D eigenvalue weighted by atomic mass is 9.90.